The Morgan fingerprint density at radius 2 is 1.45 bits per heavy atom. The van der Waals surface area contributed by atoms with E-state index in [1.54, 1.807) is 14.2 Å². The van der Waals surface area contributed by atoms with Gasteiger partial charge in [0.2, 0.25) is 0 Å². The molecule has 0 bridgehead atoms. The van der Waals surface area contributed by atoms with E-state index in [9.17, 15) is 0 Å². The van der Waals surface area contributed by atoms with Gasteiger partial charge in [-0.25, -0.2) is 0 Å². The average molecular weight is 608 g/mol. The van der Waals surface area contributed by atoms with E-state index in [1.165, 1.54) is 4.88 Å². The van der Waals surface area contributed by atoms with E-state index in [2.05, 4.69) is 53.2 Å². The zero-order valence-corrected chi connectivity index (χ0v) is 22.7. The van der Waals surface area contributed by atoms with Crippen molar-refractivity contribution in [1.82, 2.24) is 0 Å². The molecule has 2 atom stereocenters. The van der Waals surface area contributed by atoms with Gasteiger partial charge in [-0.3, -0.25) is 0 Å². The zero-order valence-electron chi connectivity index (χ0n) is 16.6. The molecule has 10 heteroatoms. The van der Waals surface area contributed by atoms with Gasteiger partial charge in [0.1, 0.15) is 5.71 Å². The Morgan fingerprint density at radius 3 is 1.83 bits per heavy atom. The fraction of sp³-hybridized carbons (Fsp3) is 0.474. The SMILES string of the molecule is OCC1CC(c2ccc(Br)s2)=NO1.[CH3][Sn]([CH3])([CH3])[c]1ccc(C2=NOC(CO)C2)s1. The third-order valence-electron chi connectivity index (χ3n) is 4.36. The molecule has 0 amide bonds. The first kappa shape index (κ1) is 23.2. The molecule has 0 radical (unpaired) electrons. The number of aliphatic hydroxyl groups excluding tert-OH is 2. The predicted molar refractivity (Wildman–Crippen MR) is 126 cm³/mol. The van der Waals surface area contributed by atoms with Crippen molar-refractivity contribution in [2.24, 2.45) is 10.3 Å². The maximum atomic E-state index is 8.98. The minimum absolute atomic E-state index is 0.0273. The molecule has 0 aromatic carbocycles. The van der Waals surface area contributed by atoms with Gasteiger partial charge in [-0.05, 0) is 28.1 Å². The normalized spacial score (nSPS) is 21.0. The molecular weight excluding hydrogens is 583 g/mol. The van der Waals surface area contributed by atoms with Crippen molar-refractivity contribution in [2.75, 3.05) is 13.2 Å². The molecule has 0 fully saturated rings. The summed E-state index contributed by atoms with van der Waals surface area (Å²) in [5, 5.41) is 25.8. The molecule has 2 N–H and O–H groups in total. The monoisotopic (exact) mass is 608 g/mol. The molecule has 0 aliphatic carbocycles. The van der Waals surface area contributed by atoms with E-state index in [-0.39, 0.29) is 25.4 Å². The van der Waals surface area contributed by atoms with Crippen LogP contribution in [0.25, 0.3) is 0 Å². The van der Waals surface area contributed by atoms with E-state index in [1.807, 2.05) is 23.5 Å². The Bertz CT molecular complexity index is 891. The van der Waals surface area contributed by atoms with Crippen molar-refractivity contribution in [3.05, 3.63) is 37.8 Å². The summed E-state index contributed by atoms with van der Waals surface area (Å²) in [5.41, 5.74) is 1.92. The molecule has 6 nitrogen and oxygen atoms in total. The van der Waals surface area contributed by atoms with Crippen LogP contribution in [0, 0.1) is 0 Å². The van der Waals surface area contributed by atoms with Crippen LogP contribution in [0.5, 0.6) is 0 Å². The Balaban J connectivity index is 0.000000169. The predicted octanol–water partition coefficient (Wildman–Crippen LogP) is 3.77. The molecule has 158 valence electrons. The molecule has 2 aromatic rings. The van der Waals surface area contributed by atoms with Crippen molar-refractivity contribution >= 4 is 71.3 Å². The van der Waals surface area contributed by atoms with Crippen molar-refractivity contribution < 1.29 is 19.9 Å². The van der Waals surface area contributed by atoms with Crippen LogP contribution in [0.3, 0.4) is 0 Å². The fourth-order valence-electron chi connectivity index (χ4n) is 2.71. The molecule has 4 heterocycles. The van der Waals surface area contributed by atoms with Crippen LogP contribution in [-0.2, 0) is 9.68 Å². The summed E-state index contributed by atoms with van der Waals surface area (Å²) < 4.78 is 2.64. The van der Waals surface area contributed by atoms with Crippen LogP contribution in [0.2, 0.25) is 14.8 Å². The summed E-state index contributed by atoms with van der Waals surface area (Å²) in [4.78, 5) is 19.7. The van der Waals surface area contributed by atoms with Gasteiger partial charge in [0.25, 0.3) is 0 Å². The molecule has 0 saturated heterocycles. The average Bonchev–Trinajstić information content (AvgIpc) is 3.46. The van der Waals surface area contributed by atoms with Crippen molar-refractivity contribution in [2.45, 2.75) is 39.9 Å². The number of thiophene rings is 2. The van der Waals surface area contributed by atoms with E-state index in [0.717, 1.165) is 26.5 Å². The van der Waals surface area contributed by atoms with Gasteiger partial charge in [0.05, 0.1) is 15.3 Å². The van der Waals surface area contributed by atoms with Crippen molar-refractivity contribution in [3.63, 3.8) is 0 Å². The van der Waals surface area contributed by atoms with Gasteiger partial charge in [0.15, 0.2) is 6.10 Å². The van der Waals surface area contributed by atoms with Gasteiger partial charge in [-0.2, -0.15) is 0 Å². The second kappa shape index (κ2) is 10.2. The topological polar surface area (TPSA) is 83.6 Å². The fourth-order valence-corrected chi connectivity index (χ4v) is 10.4. The van der Waals surface area contributed by atoms with Crippen LogP contribution >= 0.6 is 38.6 Å². The Morgan fingerprint density at radius 1 is 0.931 bits per heavy atom. The minimum atomic E-state index is -1.93. The molecule has 2 aromatic heterocycles. The third-order valence-corrected chi connectivity index (χ3v) is 16.7. The summed E-state index contributed by atoms with van der Waals surface area (Å²) in [6.45, 7) is 0.0727. The number of hydrogen-bond acceptors (Lipinski definition) is 8. The standard InChI is InChI=1S/C8H8BrNO2S.C8H8NO2S.3CH3.Sn/c9-8-2-1-7(13-8)6-3-5(4-11)12-10-6;10-5-6-4-7(9-11-6)8-2-1-3-12-8;;;;/h1-2,5,11H,3-4H2;1-2,6,10H,4-5H2;3*1H3;. The van der Waals surface area contributed by atoms with Gasteiger partial charge >= 0.3 is 104 Å². The molecule has 0 spiro atoms. The zero-order chi connectivity index (χ0) is 21.0. The van der Waals surface area contributed by atoms with Crippen molar-refractivity contribution in [3.8, 4) is 0 Å². The first-order chi connectivity index (χ1) is 13.8. The van der Waals surface area contributed by atoms with Gasteiger partial charge < -0.3 is 9.94 Å². The Labute approximate surface area is 191 Å². The number of oxime groups is 2. The quantitative estimate of drug-likeness (QED) is 0.507. The molecule has 29 heavy (non-hydrogen) atoms. The van der Waals surface area contributed by atoms with Crippen LogP contribution in [-0.4, -0.2) is 65.4 Å². The van der Waals surface area contributed by atoms with E-state index in [4.69, 9.17) is 19.9 Å². The van der Waals surface area contributed by atoms with Gasteiger partial charge in [-0.15, -0.1) is 11.3 Å². The van der Waals surface area contributed by atoms with Crippen molar-refractivity contribution in [1.29, 1.82) is 0 Å². The summed E-state index contributed by atoms with van der Waals surface area (Å²) in [5.74, 6) is 0. The van der Waals surface area contributed by atoms with E-state index in [0.29, 0.717) is 6.42 Å². The van der Waals surface area contributed by atoms with Crippen LogP contribution in [0.1, 0.15) is 22.6 Å². The summed E-state index contributed by atoms with van der Waals surface area (Å²) >= 11 is 4.93. The van der Waals surface area contributed by atoms with E-state index >= 15 is 0 Å². The second-order valence-electron chi connectivity index (χ2n) is 7.82. The molecule has 4 rings (SSSR count). The molecule has 2 unspecified atom stereocenters. The van der Waals surface area contributed by atoms with Crippen LogP contribution in [0.4, 0.5) is 0 Å². The molecule has 0 saturated carbocycles. The summed E-state index contributed by atoms with van der Waals surface area (Å²) in [6.07, 6.45) is 1.13. The molecule has 2 aliphatic rings. The molecule has 2 aliphatic heterocycles. The first-order valence-corrected chi connectivity index (χ1v) is 21.7. The summed E-state index contributed by atoms with van der Waals surface area (Å²) in [7, 11) is 0. The van der Waals surface area contributed by atoms with Gasteiger partial charge in [-0.1, -0.05) is 5.16 Å². The summed E-state index contributed by atoms with van der Waals surface area (Å²) in [6, 6.07) is 8.36. The Hall–Kier alpha value is -0.461. The maximum absolute atomic E-state index is 8.98. The number of aliphatic hydroxyl groups is 2. The number of nitrogens with zero attached hydrogens (tertiary/aromatic N) is 2. The van der Waals surface area contributed by atoms with Crippen LogP contribution in [0.15, 0.2) is 38.4 Å². The number of rotatable bonds is 5. The Kier molecular flexibility index (Phi) is 8.19. The van der Waals surface area contributed by atoms with Crippen LogP contribution < -0.4 is 2.89 Å². The number of halogens is 1. The first-order valence-electron chi connectivity index (χ1n) is 9.33. The number of hydrogen-bond donors (Lipinski definition) is 2. The second-order valence-corrected chi connectivity index (χ2v) is 26.8. The third kappa shape index (κ3) is 6.27. The van der Waals surface area contributed by atoms with Gasteiger partial charge in [0, 0.05) is 6.42 Å². The molecular formula is C19H25BrN2O4S2Sn. The van der Waals surface area contributed by atoms with E-state index < -0.39 is 18.4 Å².